The highest BCUT2D eigenvalue weighted by Gasteiger charge is 2.52. The maximum atomic E-state index is 12.0. The zero-order valence-corrected chi connectivity index (χ0v) is 33.5. The SMILES string of the molecule is CC(=O)OCC1O[C@H](OCCOCCOCCO[C@H](COC(C)=O)OC(COC(C)=O)[C@@H](OC(C)=O)[C@@H](C)OC(C)=O)[C@H](OC(C)=O)C(OC(C)=O)[C@@H]1OC(C)=O. The molecule has 1 saturated heterocycles. The Morgan fingerprint density at radius 2 is 1.02 bits per heavy atom. The smallest absolute Gasteiger partial charge is 0.303 e. The maximum Gasteiger partial charge on any atom is 0.303 e. The highest BCUT2D eigenvalue weighted by Crippen LogP contribution is 2.30. The predicted octanol–water partition coefficient (Wildman–Crippen LogP) is -0.143. The van der Waals surface area contributed by atoms with Gasteiger partial charge in [-0.25, -0.2) is 0 Å². The summed E-state index contributed by atoms with van der Waals surface area (Å²) in [7, 11) is 0. The van der Waals surface area contributed by atoms with Crippen LogP contribution in [0.25, 0.3) is 0 Å². The van der Waals surface area contributed by atoms with Gasteiger partial charge in [0.1, 0.15) is 38.1 Å². The number of ether oxygens (including phenoxy) is 14. The van der Waals surface area contributed by atoms with Crippen LogP contribution in [0.2, 0.25) is 0 Å². The molecule has 22 nitrogen and oxygen atoms in total. The average molecular weight is 827 g/mol. The molecule has 9 atom stereocenters. The molecule has 1 aliphatic heterocycles. The minimum atomic E-state index is -1.39. The van der Waals surface area contributed by atoms with E-state index in [1.54, 1.807) is 0 Å². The van der Waals surface area contributed by atoms with Crippen molar-refractivity contribution < 1.29 is 105 Å². The van der Waals surface area contributed by atoms with Gasteiger partial charge in [0.05, 0.1) is 39.6 Å². The number of esters is 8. The van der Waals surface area contributed by atoms with E-state index in [0.717, 1.165) is 55.4 Å². The fourth-order valence-electron chi connectivity index (χ4n) is 5.02. The van der Waals surface area contributed by atoms with Crippen molar-refractivity contribution in [1.82, 2.24) is 0 Å². The second-order valence-corrected chi connectivity index (χ2v) is 12.1. The van der Waals surface area contributed by atoms with Crippen LogP contribution in [0.5, 0.6) is 0 Å². The zero-order chi connectivity index (χ0) is 43.1. The van der Waals surface area contributed by atoms with Crippen LogP contribution in [-0.4, -0.2) is 163 Å². The van der Waals surface area contributed by atoms with Gasteiger partial charge in [0.25, 0.3) is 0 Å². The average Bonchev–Trinajstić information content (AvgIpc) is 3.08. The Morgan fingerprint density at radius 3 is 1.54 bits per heavy atom. The van der Waals surface area contributed by atoms with Crippen LogP contribution in [0.15, 0.2) is 0 Å². The molecule has 0 N–H and O–H groups in total. The Hall–Kier alpha value is -4.48. The topological polar surface area (TPSA) is 266 Å². The molecule has 1 rings (SSSR count). The largest absolute Gasteiger partial charge is 0.463 e. The minimum Gasteiger partial charge on any atom is -0.463 e. The molecule has 57 heavy (non-hydrogen) atoms. The molecule has 0 aromatic heterocycles. The third-order valence-corrected chi connectivity index (χ3v) is 7.04. The van der Waals surface area contributed by atoms with Gasteiger partial charge in [0, 0.05) is 55.4 Å². The van der Waals surface area contributed by atoms with Crippen molar-refractivity contribution in [3.8, 4) is 0 Å². The monoisotopic (exact) mass is 826 g/mol. The quantitative estimate of drug-likeness (QED) is 0.0475. The molecular formula is C35H54O22. The van der Waals surface area contributed by atoms with E-state index < -0.39 is 123 Å². The standard InChI is InChI=1S/C35H54O22/c1-19(51-23(5)39)31(52-24(6)40)28(16-48-20(2)36)56-30(18-50-22(4)38)46-14-12-44-10-11-45-13-15-47-35-34(55-27(9)43)33(54-26(8)42)32(53-25(7)41)29(57-35)17-49-21(3)37/h19,28-35H,10-18H2,1-9H3/t19-,28?,29?,30+,31+,32-,33?,34-,35+/m1/s1. The molecule has 326 valence electrons. The maximum absolute atomic E-state index is 12.0. The van der Waals surface area contributed by atoms with Crippen molar-refractivity contribution in [2.24, 2.45) is 0 Å². The minimum absolute atomic E-state index is 0.00360. The summed E-state index contributed by atoms with van der Waals surface area (Å²) < 4.78 is 75.9. The summed E-state index contributed by atoms with van der Waals surface area (Å²) in [5.41, 5.74) is 0. The molecule has 1 aliphatic rings. The number of hydrogen-bond donors (Lipinski definition) is 0. The van der Waals surface area contributed by atoms with Crippen LogP contribution in [-0.2, 0) is 105 Å². The molecule has 0 aromatic carbocycles. The van der Waals surface area contributed by atoms with Gasteiger partial charge in [-0.15, -0.1) is 0 Å². The van der Waals surface area contributed by atoms with Gasteiger partial charge in [0.15, 0.2) is 37.0 Å². The number of carbonyl (C=O) groups excluding carboxylic acids is 8. The first-order valence-corrected chi connectivity index (χ1v) is 17.8. The van der Waals surface area contributed by atoms with Crippen LogP contribution in [0.3, 0.4) is 0 Å². The second-order valence-electron chi connectivity index (χ2n) is 12.1. The lowest BCUT2D eigenvalue weighted by Crippen LogP contribution is -2.63. The van der Waals surface area contributed by atoms with E-state index in [-0.39, 0.29) is 39.6 Å². The van der Waals surface area contributed by atoms with Gasteiger partial charge < -0.3 is 66.3 Å². The fraction of sp³-hybridized carbons (Fsp3) is 0.771. The lowest BCUT2D eigenvalue weighted by Gasteiger charge is -2.44. The lowest BCUT2D eigenvalue weighted by molar-refractivity contribution is -0.309. The van der Waals surface area contributed by atoms with Crippen LogP contribution in [0, 0.1) is 0 Å². The van der Waals surface area contributed by atoms with E-state index in [4.69, 9.17) is 66.3 Å². The molecular weight excluding hydrogens is 772 g/mol. The second kappa shape index (κ2) is 27.2. The molecule has 0 aromatic rings. The van der Waals surface area contributed by atoms with E-state index in [1.165, 1.54) is 6.92 Å². The third-order valence-electron chi connectivity index (χ3n) is 7.04. The van der Waals surface area contributed by atoms with Gasteiger partial charge in [-0.05, 0) is 6.92 Å². The molecule has 0 saturated carbocycles. The van der Waals surface area contributed by atoms with Gasteiger partial charge >= 0.3 is 47.8 Å². The van der Waals surface area contributed by atoms with Crippen molar-refractivity contribution in [2.75, 3.05) is 59.5 Å². The first kappa shape index (κ1) is 50.5. The summed E-state index contributed by atoms with van der Waals surface area (Å²) in [5, 5.41) is 0. The van der Waals surface area contributed by atoms with E-state index in [1.807, 2.05) is 0 Å². The van der Waals surface area contributed by atoms with Crippen molar-refractivity contribution in [3.63, 3.8) is 0 Å². The number of hydrogen-bond acceptors (Lipinski definition) is 22. The van der Waals surface area contributed by atoms with Crippen LogP contribution in [0.1, 0.15) is 62.3 Å². The normalized spacial score (nSPS) is 21.0. The van der Waals surface area contributed by atoms with Crippen LogP contribution >= 0.6 is 0 Å². The summed E-state index contributed by atoms with van der Waals surface area (Å²) in [6.45, 7) is 9.10. The first-order chi connectivity index (χ1) is 26.8. The fourth-order valence-corrected chi connectivity index (χ4v) is 5.02. The summed E-state index contributed by atoms with van der Waals surface area (Å²) in [6.07, 6.45) is -11.4. The summed E-state index contributed by atoms with van der Waals surface area (Å²) in [5.74, 6) is -5.74. The molecule has 22 heteroatoms. The van der Waals surface area contributed by atoms with Crippen molar-refractivity contribution in [3.05, 3.63) is 0 Å². The zero-order valence-electron chi connectivity index (χ0n) is 33.5. The predicted molar refractivity (Wildman–Crippen MR) is 184 cm³/mol. The van der Waals surface area contributed by atoms with Gasteiger partial charge in [0.2, 0.25) is 0 Å². The van der Waals surface area contributed by atoms with Crippen molar-refractivity contribution in [1.29, 1.82) is 0 Å². The molecule has 0 bridgehead atoms. The van der Waals surface area contributed by atoms with Gasteiger partial charge in [-0.1, -0.05) is 0 Å². The highest BCUT2D eigenvalue weighted by molar-refractivity contribution is 5.69. The van der Waals surface area contributed by atoms with E-state index >= 15 is 0 Å². The highest BCUT2D eigenvalue weighted by atomic mass is 16.7. The molecule has 0 amide bonds. The number of rotatable bonds is 26. The lowest BCUT2D eigenvalue weighted by atomic mass is 9.98. The van der Waals surface area contributed by atoms with E-state index in [0.29, 0.717) is 0 Å². The number of carbonyl (C=O) groups is 8. The molecule has 3 unspecified atom stereocenters. The molecule has 1 fully saturated rings. The van der Waals surface area contributed by atoms with Crippen molar-refractivity contribution in [2.45, 2.75) is 118 Å². The van der Waals surface area contributed by atoms with Crippen molar-refractivity contribution >= 4 is 47.8 Å². The van der Waals surface area contributed by atoms with Gasteiger partial charge in [-0.2, -0.15) is 0 Å². The first-order valence-electron chi connectivity index (χ1n) is 17.8. The third kappa shape index (κ3) is 22.2. The van der Waals surface area contributed by atoms with Crippen LogP contribution < -0.4 is 0 Å². The Labute approximate surface area is 329 Å². The summed E-state index contributed by atoms with van der Waals surface area (Å²) >= 11 is 0. The van der Waals surface area contributed by atoms with Gasteiger partial charge in [-0.3, -0.25) is 38.4 Å². The molecule has 1 heterocycles. The molecule has 0 radical (unpaired) electrons. The Balaban J connectivity index is 2.80. The summed E-state index contributed by atoms with van der Waals surface area (Å²) in [4.78, 5) is 94.0. The van der Waals surface area contributed by atoms with E-state index in [2.05, 4.69) is 0 Å². The Kier molecular flexibility index (Phi) is 24.1. The van der Waals surface area contributed by atoms with E-state index in [9.17, 15) is 38.4 Å². The summed E-state index contributed by atoms with van der Waals surface area (Å²) in [6, 6.07) is 0. The molecule has 0 spiro atoms. The Morgan fingerprint density at radius 1 is 0.526 bits per heavy atom. The Bertz CT molecular complexity index is 1320. The van der Waals surface area contributed by atoms with Crippen LogP contribution in [0.4, 0.5) is 0 Å². The molecule has 0 aliphatic carbocycles.